The van der Waals surface area contributed by atoms with Gasteiger partial charge in [-0.1, -0.05) is 23.1 Å². The number of rotatable bonds is 2. The van der Waals surface area contributed by atoms with E-state index in [-0.39, 0.29) is 0 Å². The van der Waals surface area contributed by atoms with Crippen LogP contribution in [0.1, 0.15) is 0 Å². The number of fused-ring (bicyclic) bond motifs is 1. The zero-order chi connectivity index (χ0) is 13.4. The number of benzene rings is 2. The first-order valence-electron chi connectivity index (χ1n) is 5.76. The highest BCUT2D eigenvalue weighted by Gasteiger charge is 2.07. The number of nitrogens with zero attached hydrogens (tertiary/aromatic N) is 2. The first kappa shape index (κ1) is 12.1. The summed E-state index contributed by atoms with van der Waals surface area (Å²) in [5.74, 6) is 0.801. The van der Waals surface area contributed by atoms with E-state index in [1.807, 2.05) is 30.5 Å². The molecule has 0 aliphatic heterocycles. The van der Waals surface area contributed by atoms with Gasteiger partial charge in [-0.05, 0) is 30.3 Å². The number of halogens is 1. The van der Waals surface area contributed by atoms with Crippen LogP contribution in [0.4, 0.5) is 0 Å². The molecule has 1 heterocycles. The standard InChI is InChI=1S/C14H10BClN2O/c1-19-11-3-4-13-9(6-11)8-18(17-13)14-5-2-10(15)7-12(14)16/h2-8H,1H3. The van der Waals surface area contributed by atoms with Gasteiger partial charge in [-0.2, -0.15) is 5.10 Å². The van der Waals surface area contributed by atoms with E-state index in [2.05, 4.69) is 5.10 Å². The van der Waals surface area contributed by atoms with Gasteiger partial charge in [0.2, 0.25) is 0 Å². The fourth-order valence-corrected chi connectivity index (χ4v) is 2.24. The molecule has 92 valence electrons. The minimum atomic E-state index is 0.569. The molecule has 0 spiro atoms. The fraction of sp³-hybridized carbons (Fsp3) is 0.0714. The van der Waals surface area contributed by atoms with Crippen molar-refractivity contribution in [3.63, 3.8) is 0 Å². The van der Waals surface area contributed by atoms with Crippen molar-refractivity contribution in [1.82, 2.24) is 9.78 Å². The van der Waals surface area contributed by atoms with Crippen molar-refractivity contribution in [2.45, 2.75) is 0 Å². The molecule has 3 rings (SSSR count). The predicted molar refractivity (Wildman–Crippen MR) is 78.0 cm³/mol. The first-order chi connectivity index (χ1) is 9.17. The number of hydrogen-bond donors (Lipinski definition) is 0. The van der Waals surface area contributed by atoms with Gasteiger partial charge in [-0.25, -0.2) is 4.68 Å². The van der Waals surface area contributed by atoms with Gasteiger partial charge < -0.3 is 4.74 Å². The second kappa shape index (κ2) is 4.63. The van der Waals surface area contributed by atoms with Crippen LogP contribution in [0.5, 0.6) is 5.75 Å². The van der Waals surface area contributed by atoms with E-state index < -0.39 is 0 Å². The maximum atomic E-state index is 6.18. The van der Waals surface area contributed by atoms with Crippen LogP contribution in [-0.2, 0) is 0 Å². The van der Waals surface area contributed by atoms with Crippen LogP contribution in [0.15, 0.2) is 42.6 Å². The Morgan fingerprint density at radius 1 is 1.21 bits per heavy atom. The number of hydrogen-bond acceptors (Lipinski definition) is 2. The second-order valence-corrected chi connectivity index (χ2v) is 4.62. The summed E-state index contributed by atoms with van der Waals surface area (Å²) in [5.41, 5.74) is 2.31. The van der Waals surface area contributed by atoms with Crippen molar-refractivity contribution < 1.29 is 4.74 Å². The van der Waals surface area contributed by atoms with Crippen LogP contribution in [0.25, 0.3) is 16.6 Å². The van der Waals surface area contributed by atoms with Crippen LogP contribution in [0.2, 0.25) is 5.02 Å². The Bertz CT molecular complexity index is 754. The van der Waals surface area contributed by atoms with Crippen LogP contribution in [0.3, 0.4) is 0 Å². The molecule has 0 aliphatic rings. The van der Waals surface area contributed by atoms with Crippen molar-refractivity contribution in [1.29, 1.82) is 0 Å². The van der Waals surface area contributed by atoms with Crippen LogP contribution < -0.4 is 10.2 Å². The van der Waals surface area contributed by atoms with E-state index in [4.69, 9.17) is 24.2 Å². The lowest BCUT2D eigenvalue weighted by Gasteiger charge is -2.04. The molecule has 0 N–H and O–H groups in total. The highest BCUT2D eigenvalue weighted by atomic mass is 35.5. The van der Waals surface area contributed by atoms with E-state index >= 15 is 0 Å². The third-order valence-electron chi connectivity index (χ3n) is 2.93. The Morgan fingerprint density at radius 2 is 2.05 bits per heavy atom. The van der Waals surface area contributed by atoms with E-state index in [9.17, 15) is 0 Å². The summed E-state index contributed by atoms with van der Waals surface area (Å²) >= 11 is 6.18. The molecular weight excluding hydrogens is 258 g/mol. The molecule has 19 heavy (non-hydrogen) atoms. The topological polar surface area (TPSA) is 27.1 Å². The van der Waals surface area contributed by atoms with Crippen molar-refractivity contribution in [3.8, 4) is 11.4 Å². The van der Waals surface area contributed by atoms with E-state index in [1.54, 1.807) is 23.9 Å². The molecular formula is C14H10BClN2O. The van der Waals surface area contributed by atoms with Gasteiger partial charge >= 0.3 is 0 Å². The molecule has 3 aromatic rings. The highest BCUT2D eigenvalue weighted by Crippen LogP contribution is 2.23. The molecule has 5 heteroatoms. The Labute approximate surface area is 117 Å². The summed E-state index contributed by atoms with van der Waals surface area (Å²) in [7, 11) is 7.33. The van der Waals surface area contributed by atoms with Gasteiger partial charge in [0.25, 0.3) is 0 Å². The minimum Gasteiger partial charge on any atom is -0.497 e. The average molecular weight is 269 g/mol. The summed E-state index contributed by atoms with van der Waals surface area (Å²) < 4.78 is 6.94. The fourth-order valence-electron chi connectivity index (χ4n) is 1.96. The SMILES string of the molecule is [B]c1ccc(-n2cc3cc(OC)ccc3n2)c(Cl)c1. The van der Waals surface area contributed by atoms with Gasteiger partial charge in [-0.3, -0.25) is 0 Å². The molecule has 0 aliphatic carbocycles. The van der Waals surface area contributed by atoms with Crippen LogP contribution in [-0.4, -0.2) is 24.7 Å². The molecule has 3 nitrogen and oxygen atoms in total. The minimum absolute atomic E-state index is 0.569. The Kier molecular flexibility index (Phi) is 2.95. The molecule has 0 unspecified atom stereocenters. The van der Waals surface area contributed by atoms with Gasteiger partial charge in [0.05, 0.1) is 23.3 Å². The zero-order valence-corrected chi connectivity index (χ0v) is 11.1. The lowest BCUT2D eigenvalue weighted by molar-refractivity contribution is 0.415. The van der Waals surface area contributed by atoms with Gasteiger partial charge in [0.1, 0.15) is 13.6 Å². The molecule has 2 radical (unpaired) electrons. The predicted octanol–water partition coefficient (Wildman–Crippen LogP) is 2.48. The maximum Gasteiger partial charge on any atom is 0.119 e. The normalized spacial score (nSPS) is 10.8. The van der Waals surface area contributed by atoms with Gasteiger partial charge in [-0.15, -0.1) is 0 Å². The molecule has 0 saturated heterocycles. The van der Waals surface area contributed by atoms with Crippen molar-refractivity contribution in [3.05, 3.63) is 47.6 Å². The van der Waals surface area contributed by atoms with Crippen LogP contribution >= 0.6 is 11.6 Å². The summed E-state index contributed by atoms with van der Waals surface area (Å²) in [4.78, 5) is 0. The summed E-state index contributed by atoms with van der Waals surface area (Å²) in [6, 6.07) is 11.1. The molecule has 0 fully saturated rings. The van der Waals surface area contributed by atoms with E-state index in [1.165, 1.54) is 0 Å². The zero-order valence-electron chi connectivity index (χ0n) is 10.3. The summed E-state index contributed by atoms with van der Waals surface area (Å²) in [6.07, 6.45) is 1.91. The van der Waals surface area contributed by atoms with Crippen molar-refractivity contribution >= 4 is 35.8 Å². The maximum absolute atomic E-state index is 6.18. The highest BCUT2D eigenvalue weighted by molar-refractivity contribution is 6.37. The van der Waals surface area contributed by atoms with Gasteiger partial charge in [0, 0.05) is 11.6 Å². The second-order valence-electron chi connectivity index (χ2n) is 4.21. The number of ether oxygens (including phenoxy) is 1. The van der Waals surface area contributed by atoms with Gasteiger partial charge in [0.15, 0.2) is 0 Å². The molecule has 0 saturated carbocycles. The first-order valence-corrected chi connectivity index (χ1v) is 6.14. The van der Waals surface area contributed by atoms with E-state index in [0.29, 0.717) is 10.5 Å². The molecule has 1 aromatic heterocycles. The Morgan fingerprint density at radius 3 is 2.79 bits per heavy atom. The molecule has 0 bridgehead atoms. The Balaban J connectivity index is 2.14. The lowest BCUT2D eigenvalue weighted by atomic mass is 9.96. The monoisotopic (exact) mass is 268 g/mol. The largest absolute Gasteiger partial charge is 0.497 e. The molecule has 0 atom stereocenters. The number of aromatic nitrogens is 2. The third-order valence-corrected chi connectivity index (χ3v) is 3.23. The third kappa shape index (κ3) is 2.19. The molecule has 2 aromatic carbocycles. The molecule has 0 amide bonds. The van der Waals surface area contributed by atoms with E-state index in [0.717, 1.165) is 22.3 Å². The average Bonchev–Trinajstić information content (AvgIpc) is 2.80. The smallest absolute Gasteiger partial charge is 0.119 e. The van der Waals surface area contributed by atoms with Crippen molar-refractivity contribution in [2.24, 2.45) is 0 Å². The van der Waals surface area contributed by atoms with Crippen molar-refractivity contribution in [2.75, 3.05) is 7.11 Å². The lowest BCUT2D eigenvalue weighted by Crippen LogP contribution is -2.04. The summed E-state index contributed by atoms with van der Waals surface area (Å²) in [5, 5.41) is 6.05. The quantitative estimate of drug-likeness (QED) is 0.668. The Hall–Kier alpha value is -1.94. The number of methoxy groups -OCH3 is 1. The van der Waals surface area contributed by atoms with Crippen LogP contribution in [0, 0.1) is 0 Å². The summed E-state index contributed by atoms with van der Waals surface area (Å²) in [6.45, 7) is 0.